The highest BCUT2D eigenvalue weighted by atomic mass is 19.2. The summed E-state index contributed by atoms with van der Waals surface area (Å²) in [6.07, 6.45) is 1.05. The molecule has 1 saturated heterocycles. The first-order valence-corrected chi connectivity index (χ1v) is 8.60. The van der Waals surface area contributed by atoms with Crippen molar-refractivity contribution in [2.75, 3.05) is 13.1 Å². The second-order valence-corrected chi connectivity index (χ2v) is 6.83. The van der Waals surface area contributed by atoms with Crippen LogP contribution >= 0.6 is 0 Å². The lowest BCUT2D eigenvalue weighted by Gasteiger charge is -2.41. The Labute approximate surface area is 154 Å². The maximum atomic E-state index is 13.9. The van der Waals surface area contributed by atoms with Crippen molar-refractivity contribution in [3.63, 3.8) is 0 Å². The first-order valence-electron chi connectivity index (χ1n) is 8.60. The molecule has 1 aliphatic heterocycles. The molecule has 4 nitrogen and oxygen atoms in total. The molecule has 2 N–H and O–H groups in total. The van der Waals surface area contributed by atoms with Gasteiger partial charge in [-0.15, -0.1) is 0 Å². The number of carbonyl (C=O) groups excluding carboxylic acids is 2. The summed E-state index contributed by atoms with van der Waals surface area (Å²) in [5.74, 6) is -4.86. The van der Waals surface area contributed by atoms with E-state index in [2.05, 4.69) is 0 Å². The number of carbonyl (C=O) groups is 2. The van der Waals surface area contributed by atoms with Crippen molar-refractivity contribution in [3.05, 3.63) is 71.0 Å². The first-order chi connectivity index (χ1) is 12.8. The Bertz CT molecular complexity index is 863. The molecule has 27 heavy (non-hydrogen) atoms. The molecule has 0 atom stereocenters. The van der Waals surface area contributed by atoms with E-state index < -0.39 is 40.2 Å². The van der Waals surface area contributed by atoms with Crippen molar-refractivity contribution in [2.24, 2.45) is 5.73 Å². The molecule has 0 spiro atoms. The molecule has 1 heterocycles. The highest BCUT2D eigenvalue weighted by molar-refractivity contribution is 5.94. The van der Waals surface area contributed by atoms with Gasteiger partial charge < -0.3 is 10.6 Å². The number of nitrogens with two attached hydrogens (primary N) is 1. The molecule has 0 aromatic heterocycles. The number of hydrogen-bond acceptors (Lipinski definition) is 2. The van der Waals surface area contributed by atoms with Crippen LogP contribution in [-0.4, -0.2) is 29.8 Å². The molecule has 0 bridgehead atoms. The molecular weight excluding hydrogens is 357 g/mol. The summed E-state index contributed by atoms with van der Waals surface area (Å²) in [5.41, 5.74) is 5.38. The van der Waals surface area contributed by atoms with Crippen molar-refractivity contribution in [1.82, 2.24) is 4.90 Å². The molecule has 0 unspecified atom stereocenters. The molecule has 0 aliphatic carbocycles. The molecule has 0 saturated carbocycles. The van der Waals surface area contributed by atoms with Crippen LogP contribution in [0.25, 0.3) is 0 Å². The summed E-state index contributed by atoms with van der Waals surface area (Å²) in [6.45, 7) is 0.499. The SMILES string of the molecule is NC(=O)CC1(c2ccccc2)CCN(C(=O)c2cc(F)c(F)cc2F)CC1. The van der Waals surface area contributed by atoms with Crippen molar-refractivity contribution in [2.45, 2.75) is 24.7 Å². The molecule has 142 valence electrons. The number of benzene rings is 2. The molecule has 3 rings (SSSR count). The molecule has 2 aromatic rings. The molecule has 1 aliphatic rings. The van der Waals surface area contributed by atoms with Crippen molar-refractivity contribution < 1.29 is 22.8 Å². The van der Waals surface area contributed by atoms with Gasteiger partial charge in [-0.1, -0.05) is 30.3 Å². The lowest BCUT2D eigenvalue weighted by molar-refractivity contribution is -0.119. The van der Waals surface area contributed by atoms with Crippen LogP contribution in [0.2, 0.25) is 0 Å². The van der Waals surface area contributed by atoms with Crippen LogP contribution in [0.4, 0.5) is 13.2 Å². The van der Waals surface area contributed by atoms with Crippen LogP contribution in [0.15, 0.2) is 42.5 Å². The fourth-order valence-corrected chi connectivity index (χ4v) is 3.69. The van der Waals surface area contributed by atoms with Gasteiger partial charge in [0, 0.05) is 31.0 Å². The number of nitrogens with zero attached hydrogens (tertiary/aromatic N) is 1. The Kier molecular flexibility index (Phi) is 5.21. The van der Waals surface area contributed by atoms with Gasteiger partial charge in [-0.05, 0) is 24.5 Å². The highest BCUT2D eigenvalue weighted by Crippen LogP contribution is 2.39. The molecule has 2 amide bonds. The lowest BCUT2D eigenvalue weighted by atomic mass is 9.70. The predicted octanol–water partition coefficient (Wildman–Crippen LogP) is 3.15. The average molecular weight is 376 g/mol. The third-order valence-corrected chi connectivity index (χ3v) is 5.15. The summed E-state index contributed by atoms with van der Waals surface area (Å²) >= 11 is 0. The number of halogens is 3. The van der Waals surface area contributed by atoms with Gasteiger partial charge in [0.25, 0.3) is 5.91 Å². The van der Waals surface area contributed by atoms with Crippen LogP contribution < -0.4 is 5.73 Å². The molecule has 1 fully saturated rings. The lowest BCUT2D eigenvalue weighted by Crippen LogP contribution is -2.47. The largest absolute Gasteiger partial charge is 0.370 e. The zero-order valence-electron chi connectivity index (χ0n) is 14.6. The van der Waals surface area contributed by atoms with Crippen LogP contribution in [-0.2, 0) is 10.2 Å². The average Bonchev–Trinajstić information content (AvgIpc) is 2.65. The summed E-state index contributed by atoms with van der Waals surface area (Å²) < 4.78 is 40.4. The number of likely N-dealkylation sites (tertiary alicyclic amines) is 1. The van der Waals surface area contributed by atoms with E-state index in [9.17, 15) is 22.8 Å². The van der Waals surface area contributed by atoms with E-state index in [4.69, 9.17) is 5.73 Å². The molecule has 7 heteroatoms. The Morgan fingerprint density at radius 3 is 2.15 bits per heavy atom. The number of rotatable bonds is 4. The van der Waals surface area contributed by atoms with Crippen LogP contribution in [0.1, 0.15) is 35.2 Å². The highest BCUT2D eigenvalue weighted by Gasteiger charge is 2.39. The van der Waals surface area contributed by atoms with Gasteiger partial charge >= 0.3 is 0 Å². The van der Waals surface area contributed by atoms with E-state index in [1.165, 1.54) is 4.90 Å². The van der Waals surface area contributed by atoms with Crippen LogP contribution in [0, 0.1) is 17.5 Å². The summed E-state index contributed by atoms with van der Waals surface area (Å²) in [5, 5.41) is 0. The Morgan fingerprint density at radius 2 is 1.56 bits per heavy atom. The van der Waals surface area contributed by atoms with Gasteiger partial charge in [0.2, 0.25) is 5.91 Å². The summed E-state index contributed by atoms with van der Waals surface area (Å²) in [4.78, 5) is 25.6. The Balaban J connectivity index is 1.81. The number of piperidine rings is 1. The standard InChI is InChI=1S/C20H19F3N2O2/c21-15-11-17(23)16(22)10-14(15)19(27)25-8-6-20(7-9-25,12-18(24)26)13-4-2-1-3-5-13/h1-5,10-11H,6-9,12H2,(H2,24,26). The predicted molar refractivity (Wildman–Crippen MR) is 93.4 cm³/mol. The zero-order chi connectivity index (χ0) is 19.6. The normalized spacial score (nSPS) is 16.2. The second kappa shape index (κ2) is 7.42. The van der Waals surface area contributed by atoms with Crippen LogP contribution in [0.5, 0.6) is 0 Å². The van der Waals surface area contributed by atoms with Crippen molar-refractivity contribution >= 4 is 11.8 Å². The van der Waals surface area contributed by atoms with Crippen molar-refractivity contribution in [3.8, 4) is 0 Å². The van der Waals surface area contributed by atoms with Gasteiger partial charge in [0.15, 0.2) is 11.6 Å². The van der Waals surface area contributed by atoms with Gasteiger partial charge in [-0.3, -0.25) is 9.59 Å². The van der Waals surface area contributed by atoms with E-state index >= 15 is 0 Å². The smallest absolute Gasteiger partial charge is 0.256 e. The minimum absolute atomic E-state index is 0.137. The Hall–Kier alpha value is -2.83. The van der Waals surface area contributed by atoms with E-state index in [1.54, 1.807) is 0 Å². The molecule has 0 radical (unpaired) electrons. The van der Waals surface area contributed by atoms with E-state index in [1.807, 2.05) is 30.3 Å². The minimum Gasteiger partial charge on any atom is -0.370 e. The summed E-state index contributed by atoms with van der Waals surface area (Å²) in [6, 6.07) is 10.4. The monoisotopic (exact) mass is 376 g/mol. The first kappa shape index (κ1) is 18.9. The second-order valence-electron chi connectivity index (χ2n) is 6.83. The van der Waals surface area contributed by atoms with Gasteiger partial charge in [0.1, 0.15) is 5.82 Å². The summed E-state index contributed by atoms with van der Waals surface area (Å²) in [7, 11) is 0. The minimum atomic E-state index is -1.34. The third kappa shape index (κ3) is 3.82. The quantitative estimate of drug-likeness (QED) is 0.834. The number of hydrogen-bond donors (Lipinski definition) is 1. The number of amides is 2. The topological polar surface area (TPSA) is 63.4 Å². The number of primary amides is 1. The van der Waals surface area contributed by atoms with Crippen molar-refractivity contribution in [1.29, 1.82) is 0 Å². The molecule has 2 aromatic carbocycles. The zero-order valence-corrected chi connectivity index (χ0v) is 14.6. The maximum Gasteiger partial charge on any atom is 0.256 e. The maximum absolute atomic E-state index is 13.9. The van der Waals surface area contributed by atoms with Gasteiger partial charge in [-0.2, -0.15) is 0 Å². The van der Waals surface area contributed by atoms with Gasteiger partial charge in [-0.25, -0.2) is 13.2 Å². The fraction of sp³-hybridized carbons (Fsp3) is 0.300. The fourth-order valence-electron chi connectivity index (χ4n) is 3.69. The van der Waals surface area contributed by atoms with E-state index in [0.29, 0.717) is 25.0 Å². The van der Waals surface area contributed by atoms with Crippen LogP contribution in [0.3, 0.4) is 0 Å². The van der Waals surface area contributed by atoms with Gasteiger partial charge in [0.05, 0.1) is 5.56 Å². The van der Waals surface area contributed by atoms with E-state index in [0.717, 1.165) is 5.56 Å². The molecular formula is C20H19F3N2O2. The Morgan fingerprint density at radius 1 is 0.963 bits per heavy atom. The van der Waals surface area contributed by atoms with E-state index in [-0.39, 0.29) is 19.5 Å². The third-order valence-electron chi connectivity index (χ3n) is 5.15.